The number of nitrogens with zero attached hydrogens (tertiary/aromatic N) is 4. The van der Waals surface area contributed by atoms with Gasteiger partial charge in [0, 0.05) is 11.4 Å². The summed E-state index contributed by atoms with van der Waals surface area (Å²) in [5.41, 5.74) is 1.33. The zero-order chi connectivity index (χ0) is 21.2. The summed E-state index contributed by atoms with van der Waals surface area (Å²) in [6, 6.07) is 6.39. The van der Waals surface area contributed by atoms with Crippen molar-refractivity contribution < 1.29 is 18.0 Å². The van der Waals surface area contributed by atoms with Gasteiger partial charge in [0.15, 0.2) is 5.82 Å². The molecule has 1 N–H and O–H groups in total. The molecule has 0 aliphatic heterocycles. The third-order valence-corrected chi connectivity index (χ3v) is 4.51. The van der Waals surface area contributed by atoms with Crippen molar-refractivity contribution in [1.82, 2.24) is 24.9 Å². The summed E-state index contributed by atoms with van der Waals surface area (Å²) in [4.78, 5) is 21.1. The molecule has 0 saturated carbocycles. The fourth-order valence-corrected chi connectivity index (χ4v) is 3.21. The lowest BCUT2D eigenvalue weighted by Crippen LogP contribution is -2.30. The molecular formula is C20H22F3N5O. The summed E-state index contributed by atoms with van der Waals surface area (Å²) in [6.45, 7) is 5.62. The molecule has 1 aromatic carbocycles. The summed E-state index contributed by atoms with van der Waals surface area (Å²) in [7, 11) is 0. The fourth-order valence-electron chi connectivity index (χ4n) is 3.21. The predicted octanol–water partition coefficient (Wildman–Crippen LogP) is 3.96. The molecule has 0 saturated heterocycles. The number of carbonyl (C=O) groups is 1. The Kier molecular flexibility index (Phi) is 5.86. The van der Waals surface area contributed by atoms with Crippen LogP contribution in [0.1, 0.15) is 54.1 Å². The van der Waals surface area contributed by atoms with Crippen LogP contribution in [0.15, 0.2) is 30.3 Å². The van der Waals surface area contributed by atoms with Gasteiger partial charge in [-0.3, -0.25) is 4.79 Å². The summed E-state index contributed by atoms with van der Waals surface area (Å²) in [5.74, 6) is 0.363. The molecule has 1 amide bonds. The number of hydrogen-bond acceptors (Lipinski definition) is 4. The first-order chi connectivity index (χ1) is 13.7. The van der Waals surface area contributed by atoms with Gasteiger partial charge >= 0.3 is 6.18 Å². The maximum absolute atomic E-state index is 13.0. The molecule has 0 bridgehead atoms. The first-order valence-electron chi connectivity index (χ1n) is 9.33. The summed E-state index contributed by atoms with van der Waals surface area (Å²) < 4.78 is 40.6. The highest BCUT2D eigenvalue weighted by Gasteiger charge is 2.31. The van der Waals surface area contributed by atoms with Crippen molar-refractivity contribution in [2.45, 2.75) is 52.3 Å². The average molecular weight is 405 g/mol. The number of aryl methyl sites for hydroxylation is 2. The molecule has 0 fully saturated rings. The molecule has 1 unspecified atom stereocenters. The van der Waals surface area contributed by atoms with Gasteiger partial charge in [-0.15, -0.1) is 5.10 Å². The van der Waals surface area contributed by atoms with Crippen LogP contribution in [-0.2, 0) is 17.4 Å². The van der Waals surface area contributed by atoms with Gasteiger partial charge < -0.3 is 5.32 Å². The van der Waals surface area contributed by atoms with Crippen molar-refractivity contribution >= 4 is 11.7 Å². The Bertz CT molecular complexity index is 1030. The van der Waals surface area contributed by atoms with Crippen molar-refractivity contribution in [3.05, 3.63) is 58.7 Å². The molecule has 0 spiro atoms. The second-order valence-corrected chi connectivity index (χ2v) is 6.99. The molecule has 0 aliphatic carbocycles. The van der Waals surface area contributed by atoms with Gasteiger partial charge in [0.2, 0.25) is 5.91 Å². The second-order valence-electron chi connectivity index (χ2n) is 6.99. The summed E-state index contributed by atoms with van der Waals surface area (Å²) in [5, 5.41) is 7.11. The molecule has 1 atom stereocenters. The predicted molar refractivity (Wildman–Crippen MR) is 101 cm³/mol. The Hall–Kier alpha value is -2.97. The topological polar surface area (TPSA) is 72.2 Å². The van der Waals surface area contributed by atoms with Gasteiger partial charge in [0.1, 0.15) is 0 Å². The monoisotopic (exact) mass is 405 g/mol. The van der Waals surface area contributed by atoms with E-state index in [1.54, 1.807) is 10.6 Å². The Balaban J connectivity index is 1.77. The number of amides is 1. The van der Waals surface area contributed by atoms with Gasteiger partial charge in [0.05, 0.1) is 18.0 Å². The van der Waals surface area contributed by atoms with Crippen LogP contribution in [-0.4, -0.2) is 25.5 Å². The van der Waals surface area contributed by atoms with Crippen molar-refractivity contribution in [1.29, 1.82) is 0 Å². The van der Waals surface area contributed by atoms with Crippen LogP contribution < -0.4 is 5.32 Å². The number of rotatable bonds is 6. The van der Waals surface area contributed by atoms with Gasteiger partial charge in [-0.1, -0.05) is 25.5 Å². The molecule has 9 heteroatoms. The van der Waals surface area contributed by atoms with E-state index in [0.29, 0.717) is 30.0 Å². The largest absolute Gasteiger partial charge is 0.416 e. The Labute approximate surface area is 166 Å². The zero-order valence-corrected chi connectivity index (χ0v) is 16.4. The van der Waals surface area contributed by atoms with E-state index in [2.05, 4.69) is 20.4 Å². The van der Waals surface area contributed by atoms with E-state index in [4.69, 9.17) is 0 Å². The molecule has 6 nitrogen and oxygen atoms in total. The number of fused-ring (bicyclic) bond motifs is 1. The maximum atomic E-state index is 13.0. The van der Waals surface area contributed by atoms with Crippen molar-refractivity contribution in [2.24, 2.45) is 0 Å². The summed E-state index contributed by atoms with van der Waals surface area (Å²) >= 11 is 0. The normalized spacial score (nSPS) is 12.9. The van der Waals surface area contributed by atoms with E-state index in [-0.39, 0.29) is 12.3 Å². The Morgan fingerprint density at radius 2 is 1.97 bits per heavy atom. The third kappa shape index (κ3) is 4.90. The van der Waals surface area contributed by atoms with Crippen LogP contribution >= 0.6 is 0 Å². The van der Waals surface area contributed by atoms with Crippen LogP contribution in [0.4, 0.5) is 13.2 Å². The lowest BCUT2D eigenvalue weighted by Gasteiger charge is -2.19. The number of nitrogens with one attached hydrogen (secondary N) is 1. The minimum absolute atomic E-state index is 0.0823. The first kappa shape index (κ1) is 20.8. The van der Waals surface area contributed by atoms with E-state index < -0.39 is 17.8 Å². The number of aromatic nitrogens is 4. The highest BCUT2D eigenvalue weighted by molar-refractivity contribution is 5.78. The molecule has 3 aromatic rings. The van der Waals surface area contributed by atoms with E-state index >= 15 is 0 Å². The van der Waals surface area contributed by atoms with Crippen LogP contribution in [0.2, 0.25) is 0 Å². The molecule has 0 aliphatic rings. The van der Waals surface area contributed by atoms with Crippen LogP contribution in [0.3, 0.4) is 0 Å². The fraction of sp³-hybridized carbons (Fsp3) is 0.400. The minimum Gasteiger partial charge on any atom is -0.349 e. The van der Waals surface area contributed by atoms with E-state index in [0.717, 1.165) is 23.5 Å². The highest BCUT2D eigenvalue weighted by Crippen LogP contribution is 2.31. The second kappa shape index (κ2) is 8.18. The van der Waals surface area contributed by atoms with Crippen molar-refractivity contribution in [2.75, 3.05) is 0 Å². The number of benzene rings is 1. The van der Waals surface area contributed by atoms with Crippen molar-refractivity contribution in [3.63, 3.8) is 0 Å². The summed E-state index contributed by atoms with van der Waals surface area (Å²) in [6.07, 6.45) is -3.29. The van der Waals surface area contributed by atoms with Gasteiger partial charge in [0.25, 0.3) is 5.78 Å². The third-order valence-electron chi connectivity index (χ3n) is 4.51. The molecule has 0 radical (unpaired) electrons. The van der Waals surface area contributed by atoms with Crippen LogP contribution in [0.25, 0.3) is 5.78 Å². The number of alkyl halides is 3. The molecule has 2 heterocycles. The number of hydrogen-bond donors (Lipinski definition) is 1. The number of carbonyl (C=O) groups excluding carboxylic acids is 1. The first-order valence-corrected chi connectivity index (χ1v) is 9.33. The van der Waals surface area contributed by atoms with Gasteiger partial charge in [-0.2, -0.15) is 18.2 Å². The Morgan fingerprint density at radius 1 is 1.21 bits per heavy atom. The minimum atomic E-state index is -4.43. The van der Waals surface area contributed by atoms with Gasteiger partial charge in [-0.05, 0) is 44.0 Å². The lowest BCUT2D eigenvalue weighted by atomic mass is 9.99. The van der Waals surface area contributed by atoms with Gasteiger partial charge in [-0.25, -0.2) is 9.50 Å². The SMILES string of the molecule is CCCC(NC(=O)Cc1nc2nc(C)cc(C)n2n1)c1cccc(C(F)(F)F)c1. The molecule has 154 valence electrons. The highest BCUT2D eigenvalue weighted by atomic mass is 19.4. The van der Waals surface area contributed by atoms with E-state index in [9.17, 15) is 18.0 Å². The smallest absolute Gasteiger partial charge is 0.349 e. The quantitative estimate of drug-likeness (QED) is 0.674. The molecular weight excluding hydrogens is 383 g/mol. The Morgan fingerprint density at radius 3 is 2.66 bits per heavy atom. The standard InChI is InChI=1S/C20H22F3N5O/c1-4-6-16(14-7-5-8-15(10-14)20(21,22)23)25-18(29)11-17-26-19-24-12(2)9-13(3)28(19)27-17/h5,7-10,16H,4,6,11H2,1-3H3,(H,25,29). The molecule has 2 aromatic heterocycles. The van der Waals surface area contributed by atoms with E-state index in [1.807, 2.05) is 26.8 Å². The average Bonchev–Trinajstić information content (AvgIpc) is 3.03. The van der Waals surface area contributed by atoms with E-state index in [1.165, 1.54) is 6.07 Å². The number of halogens is 3. The lowest BCUT2D eigenvalue weighted by molar-refractivity contribution is -0.137. The van der Waals surface area contributed by atoms with Crippen molar-refractivity contribution in [3.8, 4) is 0 Å². The molecule has 29 heavy (non-hydrogen) atoms. The zero-order valence-electron chi connectivity index (χ0n) is 16.4. The maximum Gasteiger partial charge on any atom is 0.416 e. The van der Waals surface area contributed by atoms with Crippen LogP contribution in [0.5, 0.6) is 0 Å². The van der Waals surface area contributed by atoms with Crippen LogP contribution in [0, 0.1) is 13.8 Å². The molecule has 3 rings (SSSR count).